The van der Waals surface area contributed by atoms with Crippen molar-refractivity contribution in [2.75, 3.05) is 25.1 Å². The van der Waals surface area contributed by atoms with E-state index in [4.69, 9.17) is 15.6 Å². The number of ether oxygens (including phenoxy) is 1. The summed E-state index contributed by atoms with van der Waals surface area (Å²) in [6.45, 7) is 1.10. The summed E-state index contributed by atoms with van der Waals surface area (Å²) in [5.41, 5.74) is 5.19. The summed E-state index contributed by atoms with van der Waals surface area (Å²) in [5, 5.41) is 8.92. The van der Waals surface area contributed by atoms with E-state index in [2.05, 4.69) is 4.98 Å². The van der Waals surface area contributed by atoms with Crippen LogP contribution in [0.5, 0.6) is 5.75 Å². The molecule has 1 atom stereocenters. The van der Waals surface area contributed by atoms with Crippen molar-refractivity contribution < 1.29 is 19.0 Å². The van der Waals surface area contributed by atoms with Crippen LogP contribution in [0.25, 0.3) is 10.9 Å². The summed E-state index contributed by atoms with van der Waals surface area (Å²) in [5.74, 6) is -2.34. The molecule has 2 heterocycles. The Balaban J connectivity index is 2.28. The molecule has 8 heteroatoms. The molecule has 0 amide bonds. The van der Waals surface area contributed by atoms with Crippen molar-refractivity contribution in [1.82, 2.24) is 4.98 Å². The lowest BCUT2D eigenvalue weighted by Crippen LogP contribution is -2.27. The maximum Gasteiger partial charge on any atom is 0.341 e. The average Bonchev–Trinajstić information content (AvgIpc) is 2.93. The van der Waals surface area contributed by atoms with E-state index in [1.54, 1.807) is 4.90 Å². The molecular weight excluding hydrogens is 305 g/mol. The molecule has 23 heavy (non-hydrogen) atoms. The predicted molar refractivity (Wildman–Crippen MR) is 82.8 cm³/mol. The van der Waals surface area contributed by atoms with Crippen molar-refractivity contribution in [3.63, 3.8) is 0 Å². The first kappa shape index (κ1) is 15.3. The molecule has 1 aromatic carbocycles. The molecule has 1 aliphatic heterocycles. The quantitative estimate of drug-likeness (QED) is 0.775. The maximum absolute atomic E-state index is 14.8. The fraction of sp³-hybridized carbons (Fsp3) is 0.333. The van der Waals surface area contributed by atoms with E-state index < -0.39 is 22.8 Å². The molecule has 0 saturated carbocycles. The Morgan fingerprint density at radius 3 is 2.87 bits per heavy atom. The number of nitrogens with one attached hydrogen (secondary N) is 1. The largest absolute Gasteiger partial charge is 0.493 e. The standard InChI is InChI=1S/C15H16FN3O4/c1-23-14-11-9(18-5-8(13(11)20)15(21)22)4-10(12(14)16)19-3-2-7(17)6-19/h4-5,7H,2-3,6,17H2,1H3,(H,18,20)(H,21,22). The molecule has 4 N–H and O–H groups in total. The summed E-state index contributed by atoms with van der Waals surface area (Å²) in [6.07, 6.45) is 1.85. The number of pyridine rings is 1. The third kappa shape index (κ3) is 2.40. The van der Waals surface area contributed by atoms with Gasteiger partial charge in [0.25, 0.3) is 0 Å². The van der Waals surface area contributed by atoms with Crippen LogP contribution in [0.4, 0.5) is 10.1 Å². The van der Waals surface area contributed by atoms with Gasteiger partial charge in [-0.1, -0.05) is 0 Å². The van der Waals surface area contributed by atoms with Gasteiger partial charge in [0.2, 0.25) is 5.43 Å². The number of aromatic carboxylic acids is 1. The Kier molecular flexibility index (Phi) is 3.69. The highest BCUT2D eigenvalue weighted by Gasteiger charge is 2.26. The number of fused-ring (bicyclic) bond motifs is 1. The number of hydrogen-bond acceptors (Lipinski definition) is 5. The van der Waals surface area contributed by atoms with Gasteiger partial charge in [0.15, 0.2) is 11.6 Å². The molecule has 1 fully saturated rings. The van der Waals surface area contributed by atoms with E-state index in [1.807, 2.05) is 0 Å². The highest BCUT2D eigenvalue weighted by molar-refractivity contribution is 5.96. The van der Waals surface area contributed by atoms with Gasteiger partial charge in [0.1, 0.15) is 5.56 Å². The monoisotopic (exact) mass is 321 g/mol. The number of carbonyl (C=O) groups is 1. The molecule has 2 aromatic rings. The molecule has 1 aromatic heterocycles. The smallest absolute Gasteiger partial charge is 0.341 e. The summed E-state index contributed by atoms with van der Waals surface area (Å²) in [7, 11) is 1.24. The number of benzene rings is 1. The van der Waals surface area contributed by atoms with Crippen LogP contribution in [-0.4, -0.2) is 42.3 Å². The second kappa shape index (κ2) is 5.54. The molecule has 1 aliphatic rings. The van der Waals surface area contributed by atoms with Crippen LogP contribution >= 0.6 is 0 Å². The zero-order valence-electron chi connectivity index (χ0n) is 12.4. The molecule has 1 saturated heterocycles. The van der Waals surface area contributed by atoms with Crippen LogP contribution in [-0.2, 0) is 0 Å². The summed E-state index contributed by atoms with van der Waals surface area (Å²) in [6, 6.07) is 1.45. The van der Waals surface area contributed by atoms with Crippen LogP contribution < -0.4 is 20.8 Å². The Labute approximate surface area is 130 Å². The van der Waals surface area contributed by atoms with Gasteiger partial charge >= 0.3 is 5.97 Å². The number of hydrogen-bond donors (Lipinski definition) is 3. The number of carboxylic acids is 1. The van der Waals surface area contributed by atoms with Crippen molar-refractivity contribution >= 4 is 22.6 Å². The lowest BCUT2D eigenvalue weighted by atomic mass is 10.1. The summed E-state index contributed by atoms with van der Waals surface area (Å²) in [4.78, 5) is 27.9. The Hall–Kier alpha value is -2.61. The molecule has 0 bridgehead atoms. The van der Waals surface area contributed by atoms with E-state index in [-0.39, 0.29) is 22.9 Å². The third-order valence-electron chi connectivity index (χ3n) is 4.05. The fourth-order valence-electron chi connectivity index (χ4n) is 2.90. The van der Waals surface area contributed by atoms with Crippen molar-refractivity contribution in [2.45, 2.75) is 12.5 Å². The van der Waals surface area contributed by atoms with E-state index in [9.17, 15) is 14.0 Å². The van der Waals surface area contributed by atoms with Crippen molar-refractivity contribution in [2.24, 2.45) is 5.73 Å². The van der Waals surface area contributed by atoms with Gasteiger partial charge in [-0.15, -0.1) is 0 Å². The summed E-state index contributed by atoms with van der Waals surface area (Å²) >= 11 is 0. The van der Waals surface area contributed by atoms with E-state index in [0.29, 0.717) is 18.6 Å². The first-order valence-corrected chi connectivity index (χ1v) is 7.09. The van der Waals surface area contributed by atoms with Crippen LogP contribution in [0.3, 0.4) is 0 Å². The van der Waals surface area contributed by atoms with Gasteiger partial charge in [0.05, 0.1) is 23.7 Å². The van der Waals surface area contributed by atoms with Crippen molar-refractivity contribution in [3.05, 3.63) is 33.9 Å². The number of halogens is 1. The number of anilines is 1. The molecule has 122 valence electrons. The van der Waals surface area contributed by atoms with Gasteiger partial charge in [-0.2, -0.15) is 0 Å². The highest BCUT2D eigenvalue weighted by atomic mass is 19.1. The van der Waals surface area contributed by atoms with E-state index >= 15 is 0 Å². The van der Waals surface area contributed by atoms with Crippen LogP contribution in [0.2, 0.25) is 0 Å². The van der Waals surface area contributed by atoms with Crippen LogP contribution in [0, 0.1) is 5.82 Å². The van der Waals surface area contributed by atoms with Crippen LogP contribution in [0.1, 0.15) is 16.8 Å². The zero-order valence-corrected chi connectivity index (χ0v) is 12.4. The Morgan fingerprint density at radius 2 is 2.30 bits per heavy atom. The second-order valence-electron chi connectivity index (χ2n) is 5.50. The topological polar surface area (TPSA) is 109 Å². The molecule has 1 unspecified atom stereocenters. The first-order chi connectivity index (χ1) is 10.9. The normalized spacial score (nSPS) is 17.7. The molecular formula is C15H16FN3O4. The fourth-order valence-corrected chi connectivity index (χ4v) is 2.90. The van der Waals surface area contributed by atoms with Crippen molar-refractivity contribution in [3.8, 4) is 5.75 Å². The Morgan fingerprint density at radius 1 is 1.57 bits per heavy atom. The number of nitrogens with two attached hydrogens (primary N) is 1. The highest BCUT2D eigenvalue weighted by Crippen LogP contribution is 2.35. The predicted octanol–water partition coefficient (Wildman–Crippen LogP) is 0.911. The van der Waals surface area contributed by atoms with Gasteiger partial charge in [-0.25, -0.2) is 9.18 Å². The van der Waals surface area contributed by atoms with Gasteiger partial charge in [-0.3, -0.25) is 4.79 Å². The van der Waals surface area contributed by atoms with Gasteiger partial charge in [0, 0.05) is 25.3 Å². The lowest BCUT2D eigenvalue weighted by molar-refractivity contribution is 0.0695. The van der Waals surface area contributed by atoms with E-state index in [1.165, 1.54) is 13.2 Å². The molecule has 0 spiro atoms. The molecule has 0 radical (unpaired) electrons. The minimum atomic E-state index is -1.38. The Bertz CT molecular complexity index is 849. The SMILES string of the molecule is COc1c(F)c(N2CCC(N)C2)cc2[nH]cc(C(=O)O)c(=O)c12. The zero-order chi connectivity index (χ0) is 16.7. The number of H-pyrrole nitrogens is 1. The molecule has 7 nitrogen and oxygen atoms in total. The minimum Gasteiger partial charge on any atom is -0.493 e. The van der Waals surface area contributed by atoms with Crippen LogP contribution in [0.15, 0.2) is 17.1 Å². The number of methoxy groups -OCH3 is 1. The third-order valence-corrected chi connectivity index (χ3v) is 4.05. The molecule has 3 rings (SSSR count). The minimum absolute atomic E-state index is 0.0375. The number of aromatic amines is 1. The lowest BCUT2D eigenvalue weighted by Gasteiger charge is -2.21. The van der Waals surface area contributed by atoms with Gasteiger partial charge < -0.3 is 25.5 Å². The molecule has 0 aliphatic carbocycles. The number of nitrogens with zero attached hydrogens (tertiary/aromatic N) is 1. The second-order valence-corrected chi connectivity index (χ2v) is 5.50. The number of rotatable bonds is 3. The first-order valence-electron chi connectivity index (χ1n) is 7.09. The maximum atomic E-state index is 14.8. The average molecular weight is 321 g/mol. The van der Waals surface area contributed by atoms with E-state index in [0.717, 1.165) is 12.6 Å². The van der Waals surface area contributed by atoms with Crippen molar-refractivity contribution in [1.29, 1.82) is 0 Å². The number of aromatic nitrogens is 1. The van der Waals surface area contributed by atoms with Gasteiger partial charge in [-0.05, 0) is 12.5 Å². The number of carboxylic acid groups (broad SMARTS) is 1. The summed E-state index contributed by atoms with van der Waals surface area (Å²) < 4.78 is 19.8.